The first-order chi connectivity index (χ1) is 14.5. The fraction of sp³-hybridized carbons (Fsp3) is 0.182. The summed E-state index contributed by atoms with van der Waals surface area (Å²) < 4.78 is 17.9. The van der Waals surface area contributed by atoms with Crippen molar-refractivity contribution >= 4 is 29.2 Å². The maximum absolute atomic E-state index is 13.1. The molecule has 0 saturated carbocycles. The predicted octanol–water partition coefficient (Wildman–Crippen LogP) is 4.31. The van der Waals surface area contributed by atoms with Gasteiger partial charge < -0.3 is 15.4 Å². The van der Waals surface area contributed by atoms with Gasteiger partial charge in [0.25, 0.3) is 0 Å². The van der Waals surface area contributed by atoms with E-state index in [9.17, 15) is 14.0 Å². The van der Waals surface area contributed by atoms with Crippen LogP contribution in [0.25, 0.3) is 11.1 Å². The maximum atomic E-state index is 13.1. The van der Waals surface area contributed by atoms with Crippen molar-refractivity contribution in [2.75, 3.05) is 17.2 Å². The topological polar surface area (TPSA) is 93.2 Å². The summed E-state index contributed by atoms with van der Waals surface area (Å²) in [5, 5.41) is 5.80. The molecule has 2 heterocycles. The lowest BCUT2D eigenvalue weighted by Gasteiger charge is -2.09. The number of hydrogen-bond acceptors (Lipinski definition) is 6. The third-order valence-corrected chi connectivity index (χ3v) is 4.10. The summed E-state index contributed by atoms with van der Waals surface area (Å²) in [6.07, 6.45) is 3.27. The smallest absolute Gasteiger partial charge is 0.306 e. The first-order valence-electron chi connectivity index (χ1n) is 9.44. The molecule has 1 amide bonds. The Morgan fingerprint density at radius 1 is 0.933 bits per heavy atom. The predicted molar refractivity (Wildman–Crippen MR) is 112 cm³/mol. The monoisotopic (exact) mass is 408 g/mol. The van der Waals surface area contributed by atoms with Gasteiger partial charge in [-0.3, -0.25) is 9.59 Å². The van der Waals surface area contributed by atoms with Crippen molar-refractivity contribution in [3.63, 3.8) is 0 Å². The summed E-state index contributed by atoms with van der Waals surface area (Å²) in [5.41, 5.74) is 2.40. The van der Waals surface area contributed by atoms with E-state index in [1.807, 2.05) is 18.2 Å². The second-order valence-electron chi connectivity index (χ2n) is 6.34. The van der Waals surface area contributed by atoms with Gasteiger partial charge in [-0.1, -0.05) is 0 Å². The Labute approximate surface area is 173 Å². The molecule has 0 aliphatic heterocycles. The molecule has 3 aromatic rings. The highest BCUT2D eigenvalue weighted by atomic mass is 19.1. The third kappa shape index (κ3) is 6.10. The highest BCUT2D eigenvalue weighted by Crippen LogP contribution is 2.24. The molecular formula is C22H21FN4O3. The molecule has 1 aromatic carbocycles. The van der Waals surface area contributed by atoms with E-state index < -0.39 is 5.97 Å². The second-order valence-corrected chi connectivity index (χ2v) is 6.34. The Bertz CT molecular complexity index is 1020. The lowest BCUT2D eigenvalue weighted by molar-refractivity contribution is -0.144. The number of rotatable bonds is 8. The number of carbonyl (C=O) groups is 2. The van der Waals surface area contributed by atoms with Crippen LogP contribution >= 0.6 is 0 Å². The van der Waals surface area contributed by atoms with Crippen molar-refractivity contribution in [3.05, 3.63) is 66.7 Å². The van der Waals surface area contributed by atoms with E-state index in [1.54, 1.807) is 37.5 Å². The van der Waals surface area contributed by atoms with Crippen LogP contribution in [-0.2, 0) is 14.3 Å². The zero-order valence-corrected chi connectivity index (χ0v) is 16.4. The van der Waals surface area contributed by atoms with Gasteiger partial charge in [-0.2, -0.15) is 0 Å². The molecule has 0 atom stereocenters. The second kappa shape index (κ2) is 10.1. The number of esters is 1. The highest BCUT2D eigenvalue weighted by molar-refractivity contribution is 5.92. The van der Waals surface area contributed by atoms with Crippen LogP contribution in [0.15, 0.2) is 60.9 Å². The number of nitrogens with zero attached hydrogens (tertiary/aromatic N) is 2. The molecule has 7 nitrogen and oxygen atoms in total. The van der Waals surface area contributed by atoms with Gasteiger partial charge >= 0.3 is 5.97 Å². The van der Waals surface area contributed by atoms with Crippen molar-refractivity contribution in [1.82, 2.24) is 9.97 Å². The van der Waals surface area contributed by atoms with Gasteiger partial charge in [0.2, 0.25) is 5.91 Å². The van der Waals surface area contributed by atoms with E-state index in [-0.39, 0.29) is 31.2 Å². The Hall–Kier alpha value is -3.81. The van der Waals surface area contributed by atoms with Gasteiger partial charge in [-0.15, -0.1) is 0 Å². The van der Waals surface area contributed by atoms with E-state index in [2.05, 4.69) is 20.6 Å². The number of pyridine rings is 2. The number of ether oxygens (including phenoxy) is 1. The first-order valence-corrected chi connectivity index (χ1v) is 9.44. The third-order valence-electron chi connectivity index (χ3n) is 4.10. The number of halogens is 1. The van der Waals surface area contributed by atoms with Crippen LogP contribution in [0.1, 0.15) is 19.8 Å². The average molecular weight is 408 g/mol. The Kier molecular flexibility index (Phi) is 7.05. The van der Waals surface area contributed by atoms with Crippen LogP contribution in [-0.4, -0.2) is 28.5 Å². The molecule has 2 N–H and O–H groups in total. The molecule has 0 fully saturated rings. The molecule has 154 valence electrons. The normalized spacial score (nSPS) is 10.3. The summed E-state index contributed by atoms with van der Waals surface area (Å²) in [6.45, 7) is 2.00. The van der Waals surface area contributed by atoms with Gasteiger partial charge in [0.1, 0.15) is 17.5 Å². The Morgan fingerprint density at radius 3 is 2.23 bits per heavy atom. The van der Waals surface area contributed by atoms with E-state index >= 15 is 0 Å². The maximum Gasteiger partial charge on any atom is 0.306 e. The Balaban J connectivity index is 1.67. The van der Waals surface area contributed by atoms with Gasteiger partial charge in [0, 0.05) is 24.5 Å². The molecule has 3 rings (SSSR count). The van der Waals surface area contributed by atoms with Crippen LogP contribution in [0.4, 0.5) is 21.7 Å². The average Bonchev–Trinajstić information content (AvgIpc) is 2.75. The fourth-order valence-electron chi connectivity index (χ4n) is 2.69. The lowest BCUT2D eigenvalue weighted by Crippen LogP contribution is -2.15. The van der Waals surface area contributed by atoms with E-state index in [1.165, 1.54) is 12.1 Å². The fourth-order valence-corrected chi connectivity index (χ4v) is 2.69. The van der Waals surface area contributed by atoms with Gasteiger partial charge in [-0.25, -0.2) is 14.4 Å². The zero-order chi connectivity index (χ0) is 21.3. The molecule has 2 aromatic heterocycles. The molecule has 0 aliphatic carbocycles. The molecule has 0 unspecified atom stereocenters. The molecule has 0 spiro atoms. The van der Waals surface area contributed by atoms with Crippen LogP contribution in [0, 0.1) is 5.82 Å². The number of hydrogen-bond donors (Lipinski definition) is 2. The van der Waals surface area contributed by atoms with E-state index in [4.69, 9.17) is 4.74 Å². The standard InChI is InChI=1S/C22H21FN4O3/c1-2-30-22(29)8-7-21(28)27-20-14-16(10-12-25-20)15-9-11-24-19(13-15)26-18-5-3-17(23)4-6-18/h3-6,9-14H,2,7-8H2,1H3,(H,24,26)(H,25,27,28). The summed E-state index contributed by atoms with van der Waals surface area (Å²) in [7, 11) is 0. The van der Waals surface area contributed by atoms with Crippen LogP contribution in [0.2, 0.25) is 0 Å². The minimum atomic E-state index is -0.410. The summed E-state index contributed by atoms with van der Waals surface area (Å²) in [4.78, 5) is 31.8. The van der Waals surface area contributed by atoms with Gasteiger partial charge in [-0.05, 0) is 66.6 Å². The SMILES string of the molecule is CCOC(=O)CCC(=O)Nc1cc(-c2ccnc(Nc3ccc(F)cc3)c2)ccn1. The van der Waals surface area contributed by atoms with E-state index in [0.717, 1.165) is 11.1 Å². The summed E-state index contributed by atoms with van der Waals surface area (Å²) in [6, 6.07) is 13.2. The minimum absolute atomic E-state index is 0.0160. The molecule has 0 radical (unpaired) electrons. The Morgan fingerprint density at radius 2 is 1.57 bits per heavy atom. The number of anilines is 3. The minimum Gasteiger partial charge on any atom is -0.466 e. The van der Waals surface area contributed by atoms with Crippen molar-refractivity contribution in [2.45, 2.75) is 19.8 Å². The molecule has 0 bridgehead atoms. The quantitative estimate of drug-likeness (QED) is 0.540. The van der Waals surface area contributed by atoms with Crippen LogP contribution in [0.3, 0.4) is 0 Å². The molecule has 0 aliphatic rings. The number of carbonyl (C=O) groups excluding carboxylic acids is 2. The van der Waals surface area contributed by atoms with Crippen molar-refractivity contribution in [2.24, 2.45) is 0 Å². The van der Waals surface area contributed by atoms with Crippen molar-refractivity contribution < 1.29 is 18.7 Å². The molecule has 8 heteroatoms. The largest absolute Gasteiger partial charge is 0.466 e. The van der Waals surface area contributed by atoms with Crippen molar-refractivity contribution in [3.8, 4) is 11.1 Å². The number of nitrogens with one attached hydrogen (secondary N) is 2. The van der Waals surface area contributed by atoms with Gasteiger partial charge in [0.15, 0.2) is 0 Å². The van der Waals surface area contributed by atoms with Crippen LogP contribution in [0.5, 0.6) is 0 Å². The number of amides is 1. The summed E-state index contributed by atoms with van der Waals surface area (Å²) >= 11 is 0. The number of benzene rings is 1. The van der Waals surface area contributed by atoms with Crippen molar-refractivity contribution in [1.29, 1.82) is 0 Å². The first kappa shape index (κ1) is 20.9. The van der Waals surface area contributed by atoms with Gasteiger partial charge in [0.05, 0.1) is 13.0 Å². The van der Waals surface area contributed by atoms with E-state index in [0.29, 0.717) is 17.3 Å². The number of aromatic nitrogens is 2. The summed E-state index contributed by atoms with van der Waals surface area (Å²) in [5.74, 6) is -0.0635. The van der Waals surface area contributed by atoms with Crippen LogP contribution < -0.4 is 10.6 Å². The lowest BCUT2D eigenvalue weighted by atomic mass is 10.1. The molecule has 30 heavy (non-hydrogen) atoms. The highest BCUT2D eigenvalue weighted by Gasteiger charge is 2.09. The molecular weight excluding hydrogens is 387 g/mol. The zero-order valence-electron chi connectivity index (χ0n) is 16.4. The molecule has 0 saturated heterocycles.